The Morgan fingerprint density at radius 2 is 1.68 bits per heavy atom. The molecule has 0 radical (unpaired) electrons. The lowest BCUT2D eigenvalue weighted by Gasteiger charge is -2.41. The van der Waals surface area contributed by atoms with Gasteiger partial charge >= 0.3 is 0 Å². The average molecular weight is 397 g/mol. The number of carbonyl (C=O) groups excluding carboxylic acids is 2. The number of piperidine rings is 1. The van der Waals surface area contributed by atoms with E-state index in [9.17, 15) is 22.8 Å². The van der Waals surface area contributed by atoms with Gasteiger partial charge in [-0.3, -0.25) is 9.59 Å². The molecule has 8 heteroatoms. The van der Waals surface area contributed by atoms with Gasteiger partial charge in [0.05, 0.1) is 0 Å². The van der Waals surface area contributed by atoms with Crippen LogP contribution in [0.3, 0.4) is 0 Å². The van der Waals surface area contributed by atoms with Crippen LogP contribution in [0.25, 0.3) is 0 Å². The molecular formula is C20H26F3N3O2. The second-order valence-corrected chi connectivity index (χ2v) is 8.11. The van der Waals surface area contributed by atoms with Gasteiger partial charge < -0.3 is 15.5 Å². The molecular weight excluding hydrogens is 371 g/mol. The van der Waals surface area contributed by atoms with Crippen molar-refractivity contribution >= 4 is 11.8 Å². The van der Waals surface area contributed by atoms with E-state index in [4.69, 9.17) is 5.73 Å². The Morgan fingerprint density at radius 1 is 1.11 bits per heavy atom. The van der Waals surface area contributed by atoms with Gasteiger partial charge in [0.15, 0.2) is 11.6 Å². The van der Waals surface area contributed by atoms with Crippen LogP contribution in [0.1, 0.15) is 37.7 Å². The number of fused-ring (bicyclic) bond motifs is 2. The molecule has 2 heterocycles. The Hall–Kier alpha value is -2.09. The summed E-state index contributed by atoms with van der Waals surface area (Å²) in [5, 5.41) is 0. The minimum Gasteiger partial charge on any atom is -0.348 e. The van der Waals surface area contributed by atoms with E-state index in [-0.39, 0.29) is 48.2 Å². The van der Waals surface area contributed by atoms with Gasteiger partial charge in [0.2, 0.25) is 11.8 Å². The van der Waals surface area contributed by atoms with Crippen molar-refractivity contribution in [3.8, 4) is 0 Å². The number of nitrogens with zero attached hydrogens (tertiary/aromatic N) is 2. The predicted octanol–water partition coefficient (Wildman–Crippen LogP) is 2.22. The van der Waals surface area contributed by atoms with Crippen molar-refractivity contribution in [1.29, 1.82) is 0 Å². The Morgan fingerprint density at radius 3 is 2.25 bits per heavy atom. The lowest BCUT2D eigenvalue weighted by Crippen LogP contribution is -2.51. The first-order valence-corrected chi connectivity index (χ1v) is 9.57. The molecule has 2 aliphatic rings. The fourth-order valence-electron chi connectivity index (χ4n) is 4.50. The molecule has 4 atom stereocenters. The smallest absolute Gasteiger partial charge is 0.232 e. The topological polar surface area (TPSA) is 66.6 Å². The van der Waals surface area contributed by atoms with E-state index in [2.05, 4.69) is 0 Å². The summed E-state index contributed by atoms with van der Waals surface area (Å²) in [5.41, 5.74) is 6.35. The van der Waals surface area contributed by atoms with E-state index in [1.165, 1.54) is 4.90 Å². The number of hydrogen-bond acceptors (Lipinski definition) is 3. The predicted molar refractivity (Wildman–Crippen MR) is 97.7 cm³/mol. The highest BCUT2D eigenvalue weighted by Gasteiger charge is 2.44. The van der Waals surface area contributed by atoms with Gasteiger partial charge in [0, 0.05) is 38.3 Å². The van der Waals surface area contributed by atoms with Crippen molar-refractivity contribution < 1.29 is 22.8 Å². The Bertz CT molecular complexity index is 757. The molecule has 2 aliphatic heterocycles. The molecule has 2 amide bonds. The maximum absolute atomic E-state index is 13.9. The highest BCUT2D eigenvalue weighted by molar-refractivity contribution is 5.97. The maximum atomic E-state index is 13.9. The van der Waals surface area contributed by atoms with E-state index in [0.717, 1.165) is 18.9 Å². The molecule has 0 saturated carbocycles. The van der Waals surface area contributed by atoms with Crippen LogP contribution in [0.2, 0.25) is 0 Å². The van der Waals surface area contributed by atoms with Crippen molar-refractivity contribution in [2.75, 3.05) is 14.1 Å². The summed E-state index contributed by atoms with van der Waals surface area (Å²) in [6.07, 6.45) is 3.03. The number of carbonyl (C=O) groups is 2. The highest BCUT2D eigenvalue weighted by Crippen LogP contribution is 2.40. The van der Waals surface area contributed by atoms with Gasteiger partial charge in [-0.05, 0) is 49.7 Å². The average Bonchev–Trinajstić information content (AvgIpc) is 2.89. The summed E-state index contributed by atoms with van der Waals surface area (Å²) in [5.74, 6) is -3.44. The van der Waals surface area contributed by atoms with E-state index >= 15 is 0 Å². The Kier molecular flexibility index (Phi) is 5.98. The second-order valence-electron chi connectivity index (χ2n) is 8.11. The number of rotatable bonds is 5. The molecule has 2 bridgehead atoms. The van der Waals surface area contributed by atoms with E-state index in [1.54, 1.807) is 14.1 Å². The second kappa shape index (κ2) is 8.11. The van der Waals surface area contributed by atoms with Crippen molar-refractivity contribution in [1.82, 2.24) is 9.80 Å². The molecule has 2 fully saturated rings. The zero-order valence-corrected chi connectivity index (χ0v) is 16.1. The van der Waals surface area contributed by atoms with Crippen LogP contribution in [0.15, 0.2) is 12.1 Å². The molecule has 1 unspecified atom stereocenters. The van der Waals surface area contributed by atoms with Crippen molar-refractivity contribution in [3.05, 3.63) is 35.1 Å². The monoisotopic (exact) mass is 397 g/mol. The maximum Gasteiger partial charge on any atom is 0.232 e. The van der Waals surface area contributed by atoms with Gasteiger partial charge in [-0.2, -0.15) is 0 Å². The summed E-state index contributed by atoms with van der Waals surface area (Å²) >= 11 is 0. The van der Waals surface area contributed by atoms with Crippen LogP contribution < -0.4 is 5.73 Å². The van der Waals surface area contributed by atoms with Gasteiger partial charge in [0.1, 0.15) is 12.2 Å². The van der Waals surface area contributed by atoms with Gasteiger partial charge in [-0.25, -0.2) is 13.2 Å². The van der Waals surface area contributed by atoms with Crippen molar-refractivity contribution in [2.45, 2.75) is 56.7 Å². The molecule has 2 N–H and O–H groups in total. The Labute approximate surface area is 162 Å². The van der Waals surface area contributed by atoms with Crippen molar-refractivity contribution in [3.63, 3.8) is 0 Å². The van der Waals surface area contributed by atoms with E-state index in [0.29, 0.717) is 18.9 Å². The van der Waals surface area contributed by atoms with Crippen LogP contribution in [-0.4, -0.2) is 53.8 Å². The largest absolute Gasteiger partial charge is 0.348 e. The molecule has 0 spiro atoms. The minimum atomic E-state index is -1.22. The zero-order valence-electron chi connectivity index (χ0n) is 16.1. The van der Waals surface area contributed by atoms with Gasteiger partial charge in [-0.1, -0.05) is 0 Å². The summed E-state index contributed by atoms with van der Waals surface area (Å²) in [7, 11) is 3.24. The van der Waals surface area contributed by atoms with Crippen LogP contribution in [0.5, 0.6) is 0 Å². The van der Waals surface area contributed by atoms with Crippen LogP contribution in [0, 0.1) is 23.4 Å². The Balaban J connectivity index is 1.64. The first kappa shape index (κ1) is 20.6. The normalized spacial score (nSPS) is 24.9. The fourth-order valence-corrected chi connectivity index (χ4v) is 4.50. The molecule has 0 aliphatic carbocycles. The SMILES string of the molecule is CN(C)C(=O)CC(=O)N1[C@@H]2CC[C@H]1CC([C@H](N)Cc1cc(F)c(F)cc1F)C2. The number of benzene rings is 1. The van der Waals surface area contributed by atoms with E-state index < -0.39 is 23.5 Å². The lowest BCUT2D eigenvalue weighted by atomic mass is 9.82. The summed E-state index contributed by atoms with van der Waals surface area (Å²) < 4.78 is 40.5. The van der Waals surface area contributed by atoms with Crippen LogP contribution in [0.4, 0.5) is 13.2 Å². The van der Waals surface area contributed by atoms with Crippen LogP contribution in [-0.2, 0) is 16.0 Å². The molecule has 5 nitrogen and oxygen atoms in total. The summed E-state index contributed by atoms with van der Waals surface area (Å²) in [6, 6.07) is 1.04. The molecule has 3 rings (SSSR count). The first-order chi connectivity index (χ1) is 13.2. The summed E-state index contributed by atoms with van der Waals surface area (Å²) in [6.45, 7) is 0. The number of halogens is 3. The summed E-state index contributed by atoms with van der Waals surface area (Å²) in [4.78, 5) is 27.7. The third kappa shape index (κ3) is 4.16. The van der Waals surface area contributed by atoms with E-state index in [1.807, 2.05) is 4.90 Å². The standard InChI is InChI=1S/C20H26F3N3O2/c1-25(2)19(27)10-20(28)26-13-3-4-14(26)6-12(5-13)18(24)8-11-7-16(22)17(23)9-15(11)21/h7,9,12-14,18H,3-6,8,10,24H2,1-2H3/t12?,13-,14+,18-/m1/s1. The van der Waals surface area contributed by atoms with Crippen LogP contribution >= 0.6 is 0 Å². The van der Waals surface area contributed by atoms with Crippen molar-refractivity contribution in [2.24, 2.45) is 11.7 Å². The first-order valence-electron chi connectivity index (χ1n) is 9.57. The molecule has 154 valence electrons. The number of amides is 2. The third-order valence-electron chi connectivity index (χ3n) is 6.01. The third-order valence-corrected chi connectivity index (χ3v) is 6.01. The molecule has 28 heavy (non-hydrogen) atoms. The molecule has 0 aromatic heterocycles. The molecule has 2 saturated heterocycles. The highest BCUT2D eigenvalue weighted by atomic mass is 19.2. The van der Waals surface area contributed by atoms with Gasteiger partial charge in [0.25, 0.3) is 0 Å². The minimum absolute atomic E-state index is 0.0204. The molecule has 1 aromatic carbocycles. The fraction of sp³-hybridized carbons (Fsp3) is 0.600. The molecule has 1 aromatic rings. The quantitative estimate of drug-likeness (QED) is 0.612. The number of nitrogens with two attached hydrogens (primary N) is 1. The zero-order chi connectivity index (χ0) is 20.6. The van der Waals surface area contributed by atoms with Gasteiger partial charge in [-0.15, -0.1) is 0 Å². The number of hydrogen-bond donors (Lipinski definition) is 1. The lowest BCUT2D eigenvalue weighted by molar-refractivity contribution is -0.142.